The summed E-state index contributed by atoms with van der Waals surface area (Å²) in [6, 6.07) is 7.29. The zero-order valence-electron chi connectivity index (χ0n) is 8.08. The quantitative estimate of drug-likeness (QED) is 0.305. The summed E-state index contributed by atoms with van der Waals surface area (Å²) >= 11 is 0. The van der Waals surface area contributed by atoms with E-state index < -0.39 is 10.1 Å². The van der Waals surface area contributed by atoms with Crippen molar-refractivity contribution in [3.8, 4) is 5.75 Å². The normalized spacial score (nSPS) is 11.1. The van der Waals surface area contributed by atoms with Gasteiger partial charge in [0.05, 0.1) is 5.69 Å². The first-order valence-electron chi connectivity index (χ1n) is 4.39. The van der Waals surface area contributed by atoms with Crippen molar-refractivity contribution in [2.24, 2.45) is 0 Å². The molecule has 2 rings (SSSR count). The van der Waals surface area contributed by atoms with Gasteiger partial charge in [-0.05, 0) is 0 Å². The monoisotopic (exact) mass is 263 g/mol. The Morgan fingerprint density at radius 2 is 1.65 bits per heavy atom. The first-order valence-corrected chi connectivity index (χ1v) is 5.83. The molecule has 0 saturated heterocycles. The molecule has 0 aromatic heterocycles. The molecule has 86 valence electrons. The number of fused-ring (bicyclic) bond motifs is 1. The van der Waals surface area contributed by atoms with Gasteiger partial charge in [-0.1, -0.05) is 24.3 Å². The molecule has 0 bridgehead atoms. The molecule has 0 saturated carbocycles. The Hall–Kier alpha value is -0.790. The van der Waals surface area contributed by atoms with Crippen molar-refractivity contribution < 1.29 is 18.1 Å². The zero-order valence-corrected chi connectivity index (χ0v) is 8.90. The number of nitrogen functional groups attached to an aromatic ring is 1. The molecule has 0 spiro atoms. The van der Waals surface area contributed by atoms with E-state index >= 15 is 0 Å². The van der Waals surface area contributed by atoms with Gasteiger partial charge < -0.3 is 10.8 Å². The third-order valence-electron chi connectivity index (χ3n) is 2.30. The fourth-order valence-electron chi connectivity index (χ4n) is 1.56. The second-order valence-electron chi connectivity index (χ2n) is 3.33. The van der Waals surface area contributed by atoms with Crippen molar-refractivity contribution in [1.82, 2.24) is 0 Å². The van der Waals surface area contributed by atoms with Crippen LogP contribution in [0.5, 0.6) is 5.75 Å². The summed E-state index contributed by atoms with van der Waals surface area (Å²) in [6.45, 7) is 0. The first-order chi connectivity index (χ1) is 7.41. The SMILES string of the molecule is Nc1c(O)cc(S(=O)(=O)O)c2ccccc12.[NaH]. The Bertz CT molecular complexity index is 669. The summed E-state index contributed by atoms with van der Waals surface area (Å²) in [5.41, 5.74) is 5.69. The van der Waals surface area contributed by atoms with Gasteiger partial charge in [-0.15, -0.1) is 0 Å². The van der Waals surface area contributed by atoms with Crippen LogP contribution in [0.15, 0.2) is 35.2 Å². The molecular formula is C10H10NNaO4S. The van der Waals surface area contributed by atoms with E-state index in [0.29, 0.717) is 5.39 Å². The van der Waals surface area contributed by atoms with Crippen LogP contribution in [0.4, 0.5) is 5.69 Å². The molecule has 2 aromatic rings. The minimum absolute atomic E-state index is 0. The van der Waals surface area contributed by atoms with E-state index in [1.54, 1.807) is 18.2 Å². The maximum atomic E-state index is 11.1. The molecule has 0 aliphatic carbocycles. The Morgan fingerprint density at radius 3 is 2.18 bits per heavy atom. The third-order valence-corrected chi connectivity index (χ3v) is 3.20. The number of anilines is 1. The molecule has 2 aromatic carbocycles. The summed E-state index contributed by atoms with van der Waals surface area (Å²) in [7, 11) is -4.38. The number of rotatable bonds is 1. The zero-order chi connectivity index (χ0) is 11.9. The van der Waals surface area contributed by atoms with Crippen LogP contribution < -0.4 is 5.73 Å². The number of hydrogen-bond donors (Lipinski definition) is 3. The summed E-state index contributed by atoms with van der Waals surface area (Å²) in [4.78, 5) is -0.352. The minimum atomic E-state index is -4.38. The fraction of sp³-hybridized carbons (Fsp3) is 0. The van der Waals surface area contributed by atoms with Crippen molar-refractivity contribution in [2.45, 2.75) is 4.90 Å². The average molecular weight is 263 g/mol. The molecule has 0 fully saturated rings. The van der Waals surface area contributed by atoms with E-state index in [2.05, 4.69) is 0 Å². The molecule has 0 aliphatic rings. The number of phenolic OH excluding ortho intramolecular Hbond substituents is 1. The van der Waals surface area contributed by atoms with Crippen molar-refractivity contribution in [3.05, 3.63) is 30.3 Å². The van der Waals surface area contributed by atoms with Gasteiger partial charge in [0, 0.05) is 16.8 Å². The molecule has 0 atom stereocenters. The number of hydrogen-bond acceptors (Lipinski definition) is 4. The number of nitrogens with two attached hydrogens (primary N) is 1. The molecule has 7 heteroatoms. The number of benzene rings is 2. The molecular weight excluding hydrogens is 253 g/mol. The van der Waals surface area contributed by atoms with Crippen LogP contribution in [0.25, 0.3) is 10.8 Å². The van der Waals surface area contributed by atoms with Gasteiger partial charge in [-0.25, -0.2) is 0 Å². The first kappa shape index (κ1) is 14.3. The predicted molar refractivity (Wildman–Crippen MR) is 67.0 cm³/mol. The van der Waals surface area contributed by atoms with Gasteiger partial charge in [0.2, 0.25) is 0 Å². The Kier molecular flexibility index (Phi) is 4.06. The standard InChI is InChI=1S/C10H9NO4S.Na.H/c11-10-7-4-2-1-3-6(7)9(5-8(10)12)16(13,14)15;;/h1-5,12H,11H2,(H,13,14,15);;. The predicted octanol–water partition coefficient (Wildman–Crippen LogP) is 0.726. The van der Waals surface area contributed by atoms with Crippen LogP contribution in [0.2, 0.25) is 0 Å². The fourth-order valence-corrected chi connectivity index (χ4v) is 2.28. The van der Waals surface area contributed by atoms with Crippen molar-refractivity contribution in [1.29, 1.82) is 0 Å². The van der Waals surface area contributed by atoms with Crippen LogP contribution in [0.3, 0.4) is 0 Å². The molecule has 0 radical (unpaired) electrons. The molecule has 17 heavy (non-hydrogen) atoms. The van der Waals surface area contributed by atoms with Crippen LogP contribution >= 0.6 is 0 Å². The van der Waals surface area contributed by atoms with E-state index in [4.69, 9.17) is 10.3 Å². The molecule has 4 N–H and O–H groups in total. The Balaban J connectivity index is 0.00000144. The van der Waals surface area contributed by atoms with Gasteiger partial charge in [0.25, 0.3) is 10.1 Å². The van der Waals surface area contributed by atoms with Crippen LogP contribution in [0, 0.1) is 0 Å². The van der Waals surface area contributed by atoms with Gasteiger partial charge in [0.1, 0.15) is 10.6 Å². The second-order valence-corrected chi connectivity index (χ2v) is 4.72. The average Bonchev–Trinajstić information content (AvgIpc) is 2.22. The number of phenols is 1. The third kappa shape index (κ3) is 2.56. The van der Waals surface area contributed by atoms with E-state index in [1.807, 2.05) is 0 Å². The van der Waals surface area contributed by atoms with E-state index in [9.17, 15) is 13.5 Å². The Morgan fingerprint density at radius 1 is 1.12 bits per heavy atom. The summed E-state index contributed by atoms with van der Waals surface area (Å²) in [6.07, 6.45) is 0. The topological polar surface area (TPSA) is 101 Å². The van der Waals surface area contributed by atoms with E-state index in [0.717, 1.165) is 6.07 Å². The molecule has 0 heterocycles. The van der Waals surface area contributed by atoms with Gasteiger partial charge >= 0.3 is 29.6 Å². The van der Waals surface area contributed by atoms with Crippen LogP contribution in [0.1, 0.15) is 0 Å². The van der Waals surface area contributed by atoms with Gasteiger partial charge in [-0.2, -0.15) is 8.42 Å². The molecule has 5 nitrogen and oxygen atoms in total. The van der Waals surface area contributed by atoms with Crippen LogP contribution in [-0.4, -0.2) is 47.6 Å². The van der Waals surface area contributed by atoms with Crippen molar-refractivity contribution >= 4 is 56.1 Å². The van der Waals surface area contributed by atoms with E-state index in [1.165, 1.54) is 6.07 Å². The summed E-state index contributed by atoms with van der Waals surface area (Å²) in [5.74, 6) is -0.369. The van der Waals surface area contributed by atoms with Crippen molar-refractivity contribution in [2.75, 3.05) is 5.73 Å². The Labute approximate surface area is 120 Å². The second kappa shape index (κ2) is 4.83. The molecule has 0 unspecified atom stereocenters. The molecule has 0 aliphatic heterocycles. The summed E-state index contributed by atoms with van der Waals surface area (Å²) < 4.78 is 31.3. The van der Waals surface area contributed by atoms with Crippen LogP contribution in [-0.2, 0) is 10.1 Å². The van der Waals surface area contributed by atoms with Crippen molar-refractivity contribution in [3.63, 3.8) is 0 Å². The van der Waals surface area contributed by atoms with Gasteiger partial charge in [0.15, 0.2) is 0 Å². The molecule has 0 amide bonds. The summed E-state index contributed by atoms with van der Waals surface area (Å²) in [5, 5.41) is 10.1. The van der Waals surface area contributed by atoms with E-state index in [-0.39, 0.29) is 51.3 Å². The maximum absolute atomic E-state index is 11.1. The number of aromatic hydroxyl groups is 1. The van der Waals surface area contributed by atoms with Gasteiger partial charge in [-0.3, -0.25) is 4.55 Å².